The first-order chi connectivity index (χ1) is 8.33. The van der Waals surface area contributed by atoms with E-state index in [1.165, 1.54) is 12.1 Å². The molecule has 1 aromatic heterocycles. The molecule has 0 spiro atoms. The quantitative estimate of drug-likeness (QED) is 0.867. The van der Waals surface area contributed by atoms with Gasteiger partial charge in [-0.05, 0) is 42.7 Å². The van der Waals surface area contributed by atoms with Gasteiger partial charge in [-0.2, -0.15) is 0 Å². The highest BCUT2D eigenvalue weighted by atomic mass is 19.1. The average molecular weight is 236 g/mol. The third-order valence-electron chi connectivity index (χ3n) is 2.93. The van der Waals surface area contributed by atoms with E-state index in [1.807, 2.05) is 0 Å². The molecule has 0 bridgehead atoms. The van der Waals surface area contributed by atoms with Crippen molar-refractivity contribution in [1.29, 1.82) is 0 Å². The molecule has 1 aliphatic rings. The topological polar surface area (TPSA) is 47.3 Å². The first-order valence-corrected chi connectivity index (χ1v) is 5.75. The number of aromatic nitrogens is 1. The molecule has 17 heavy (non-hydrogen) atoms. The summed E-state index contributed by atoms with van der Waals surface area (Å²) in [4.78, 5) is 0. The molecule has 1 N–H and O–H groups in total. The van der Waals surface area contributed by atoms with E-state index in [2.05, 4.69) is 10.5 Å². The van der Waals surface area contributed by atoms with E-state index in [-0.39, 0.29) is 11.9 Å². The summed E-state index contributed by atoms with van der Waals surface area (Å²) >= 11 is 0. The summed E-state index contributed by atoms with van der Waals surface area (Å²) in [5.41, 5.74) is 0.546. The summed E-state index contributed by atoms with van der Waals surface area (Å²) < 4.78 is 23.9. The Hall–Kier alpha value is -1.62. The third kappa shape index (κ3) is 2.10. The molecule has 1 unspecified atom stereocenters. The van der Waals surface area contributed by atoms with Gasteiger partial charge in [-0.3, -0.25) is 0 Å². The highest BCUT2D eigenvalue weighted by molar-refractivity contribution is 5.82. The minimum atomic E-state index is -0.313. The predicted octanol–water partition coefficient (Wildman–Crippen LogP) is 2.10. The van der Waals surface area contributed by atoms with Crippen molar-refractivity contribution in [2.24, 2.45) is 0 Å². The molecule has 0 saturated carbocycles. The van der Waals surface area contributed by atoms with Crippen LogP contribution in [0.15, 0.2) is 22.7 Å². The van der Waals surface area contributed by atoms with Crippen LogP contribution in [0.3, 0.4) is 0 Å². The zero-order chi connectivity index (χ0) is 11.7. The van der Waals surface area contributed by atoms with Crippen LogP contribution in [0.5, 0.6) is 5.88 Å². The van der Waals surface area contributed by atoms with Crippen molar-refractivity contribution in [3.05, 3.63) is 24.0 Å². The molecule has 1 aliphatic heterocycles. The zero-order valence-electron chi connectivity index (χ0n) is 9.28. The van der Waals surface area contributed by atoms with Gasteiger partial charge < -0.3 is 14.6 Å². The van der Waals surface area contributed by atoms with Gasteiger partial charge in [0.2, 0.25) is 0 Å². The number of piperidine rings is 1. The SMILES string of the molecule is Fc1ccc2onc(OC3CCCNC3)c2c1. The van der Waals surface area contributed by atoms with Crippen molar-refractivity contribution in [2.45, 2.75) is 18.9 Å². The summed E-state index contributed by atoms with van der Waals surface area (Å²) in [5.74, 6) is 0.0699. The van der Waals surface area contributed by atoms with Gasteiger partial charge in [0.15, 0.2) is 5.58 Å². The summed E-state index contributed by atoms with van der Waals surface area (Å²) in [6.45, 7) is 1.82. The standard InChI is InChI=1S/C12H13FN2O2/c13-8-3-4-11-10(6-8)12(15-17-11)16-9-2-1-5-14-7-9/h3-4,6,9,14H,1-2,5,7H2. The van der Waals surface area contributed by atoms with Crippen LogP contribution in [0.2, 0.25) is 0 Å². The maximum absolute atomic E-state index is 13.1. The lowest BCUT2D eigenvalue weighted by Crippen LogP contribution is -2.37. The fraction of sp³-hybridized carbons (Fsp3) is 0.417. The third-order valence-corrected chi connectivity index (χ3v) is 2.93. The molecule has 1 atom stereocenters. The highest BCUT2D eigenvalue weighted by Crippen LogP contribution is 2.27. The van der Waals surface area contributed by atoms with Gasteiger partial charge in [-0.25, -0.2) is 4.39 Å². The Kier molecular flexibility index (Phi) is 2.68. The number of hydrogen-bond donors (Lipinski definition) is 1. The average Bonchev–Trinajstić information content (AvgIpc) is 2.73. The summed E-state index contributed by atoms with van der Waals surface area (Å²) in [6.07, 6.45) is 2.14. The van der Waals surface area contributed by atoms with Crippen molar-refractivity contribution < 1.29 is 13.7 Å². The Balaban J connectivity index is 1.86. The van der Waals surface area contributed by atoms with Crippen LogP contribution in [-0.2, 0) is 0 Å². The van der Waals surface area contributed by atoms with E-state index in [0.29, 0.717) is 16.8 Å². The lowest BCUT2D eigenvalue weighted by Gasteiger charge is -2.22. The van der Waals surface area contributed by atoms with E-state index >= 15 is 0 Å². The molecule has 1 fully saturated rings. The van der Waals surface area contributed by atoms with Gasteiger partial charge in [0.05, 0.1) is 5.39 Å². The van der Waals surface area contributed by atoms with E-state index in [9.17, 15) is 4.39 Å². The number of benzene rings is 1. The Labute approximate surface area is 97.7 Å². The first kappa shape index (κ1) is 10.5. The second-order valence-electron chi connectivity index (χ2n) is 4.21. The summed E-state index contributed by atoms with van der Waals surface area (Å²) in [5, 5.41) is 7.68. The number of nitrogens with one attached hydrogen (secondary N) is 1. The maximum Gasteiger partial charge on any atom is 0.262 e. The minimum Gasteiger partial charge on any atom is -0.470 e. The molecule has 5 heteroatoms. The Bertz CT molecular complexity index is 520. The van der Waals surface area contributed by atoms with Crippen molar-refractivity contribution >= 4 is 11.0 Å². The van der Waals surface area contributed by atoms with Crippen LogP contribution >= 0.6 is 0 Å². The van der Waals surface area contributed by atoms with Gasteiger partial charge in [0.25, 0.3) is 5.88 Å². The molecular formula is C12H13FN2O2. The zero-order valence-corrected chi connectivity index (χ0v) is 9.28. The van der Waals surface area contributed by atoms with Gasteiger partial charge in [0, 0.05) is 6.54 Å². The Morgan fingerprint density at radius 2 is 2.41 bits per heavy atom. The van der Waals surface area contributed by atoms with Crippen LogP contribution in [-0.4, -0.2) is 24.4 Å². The fourth-order valence-electron chi connectivity index (χ4n) is 2.05. The number of hydrogen-bond acceptors (Lipinski definition) is 4. The number of ether oxygens (including phenoxy) is 1. The lowest BCUT2D eigenvalue weighted by molar-refractivity contribution is 0.155. The van der Waals surface area contributed by atoms with Crippen LogP contribution in [0.25, 0.3) is 11.0 Å². The van der Waals surface area contributed by atoms with Gasteiger partial charge in [-0.1, -0.05) is 0 Å². The molecule has 0 amide bonds. The molecule has 4 nitrogen and oxygen atoms in total. The molecule has 2 aromatic rings. The van der Waals surface area contributed by atoms with Gasteiger partial charge in [0.1, 0.15) is 11.9 Å². The van der Waals surface area contributed by atoms with Crippen molar-refractivity contribution in [1.82, 2.24) is 10.5 Å². The Morgan fingerprint density at radius 1 is 1.47 bits per heavy atom. The number of halogens is 1. The van der Waals surface area contributed by atoms with Gasteiger partial charge >= 0.3 is 0 Å². The predicted molar refractivity (Wildman–Crippen MR) is 60.5 cm³/mol. The van der Waals surface area contributed by atoms with Crippen molar-refractivity contribution in [3.63, 3.8) is 0 Å². The van der Waals surface area contributed by atoms with Crippen LogP contribution < -0.4 is 10.1 Å². The van der Waals surface area contributed by atoms with E-state index < -0.39 is 0 Å². The second kappa shape index (κ2) is 4.33. The first-order valence-electron chi connectivity index (χ1n) is 5.75. The number of fused-ring (bicyclic) bond motifs is 1. The monoisotopic (exact) mass is 236 g/mol. The molecule has 1 saturated heterocycles. The minimum absolute atomic E-state index is 0.0836. The summed E-state index contributed by atoms with van der Waals surface area (Å²) in [6, 6.07) is 4.29. The van der Waals surface area contributed by atoms with Crippen molar-refractivity contribution in [3.8, 4) is 5.88 Å². The fourth-order valence-corrected chi connectivity index (χ4v) is 2.05. The maximum atomic E-state index is 13.1. The smallest absolute Gasteiger partial charge is 0.262 e. The molecular weight excluding hydrogens is 223 g/mol. The number of nitrogens with zero attached hydrogens (tertiary/aromatic N) is 1. The molecule has 90 valence electrons. The molecule has 0 radical (unpaired) electrons. The molecule has 0 aliphatic carbocycles. The second-order valence-corrected chi connectivity index (χ2v) is 4.21. The van der Waals surface area contributed by atoms with E-state index in [1.54, 1.807) is 6.07 Å². The molecule has 1 aromatic carbocycles. The highest BCUT2D eigenvalue weighted by Gasteiger charge is 2.18. The van der Waals surface area contributed by atoms with Crippen LogP contribution in [0, 0.1) is 5.82 Å². The van der Waals surface area contributed by atoms with Crippen LogP contribution in [0.1, 0.15) is 12.8 Å². The largest absolute Gasteiger partial charge is 0.470 e. The number of rotatable bonds is 2. The molecule has 2 heterocycles. The summed E-state index contributed by atoms with van der Waals surface area (Å²) in [7, 11) is 0. The van der Waals surface area contributed by atoms with Gasteiger partial charge in [-0.15, -0.1) is 0 Å². The van der Waals surface area contributed by atoms with E-state index in [0.717, 1.165) is 25.9 Å². The van der Waals surface area contributed by atoms with Crippen molar-refractivity contribution in [2.75, 3.05) is 13.1 Å². The molecule has 3 rings (SSSR count). The normalized spacial score (nSPS) is 20.6. The lowest BCUT2D eigenvalue weighted by atomic mass is 10.1. The Morgan fingerprint density at radius 3 is 3.24 bits per heavy atom. The van der Waals surface area contributed by atoms with Crippen LogP contribution in [0.4, 0.5) is 4.39 Å². The van der Waals surface area contributed by atoms with E-state index in [4.69, 9.17) is 9.26 Å².